The molecule has 2 atom stereocenters. The second-order valence-corrected chi connectivity index (χ2v) is 7.58. The highest BCUT2D eigenvalue weighted by Crippen LogP contribution is 2.45. The molecule has 0 bridgehead atoms. The smallest absolute Gasteiger partial charge is 0.201 e. The molecule has 0 aliphatic carbocycles. The monoisotopic (exact) mass is 258 g/mol. The van der Waals surface area contributed by atoms with Gasteiger partial charge in [0, 0.05) is 12.3 Å². The molecule has 0 rings (SSSR count). The van der Waals surface area contributed by atoms with Crippen molar-refractivity contribution in [1.29, 1.82) is 0 Å². The Bertz CT molecular complexity index is 249. The first-order valence-electron chi connectivity index (χ1n) is 6.44. The molecule has 0 radical (unpaired) electrons. The van der Waals surface area contributed by atoms with Crippen LogP contribution in [0.5, 0.6) is 0 Å². The third-order valence-corrected chi connectivity index (χ3v) is 5.31. The molecule has 100 valence electrons. The zero-order chi connectivity index (χ0) is 13.3. The molecule has 0 aliphatic heterocycles. The minimum absolute atomic E-state index is 0.301. The van der Waals surface area contributed by atoms with Gasteiger partial charge in [-0.25, -0.2) is 0 Å². The van der Waals surface area contributed by atoms with Crippen molar-refractivity contribution in [3.63, 3.8) is 0 Å². The Morgan fingerprint density at radius 3 is 1.71 bits per heavy atom. The fourth-order valence-electron chi connectivity index (χ4n) is 2.04. The third-order valence-electron chi connectivity index (χ3n) is 2.92. The summed E-state index contributed by atoms with van der Waals surface area (Å²) in [5.74, 6) is 0.603. The van der Waals surface area contributed by atoms with Crippen molar-refractivity contribution in [1.82, 2.24) is 0 Å². The van der Waals surface area contributed by atoms with Gasteiger partial charge in [0.15, 0.2) is 0 Å². The molecule has 2 unspecified atom stereocenters. The highest BCUT2D eigenvalue weighted by molar-refractivity contribution is 7.58. The lowest BCUT2D eigenvalue weighted by molar-refractivity contribution is 0.444. The molecular formula is C14H27O2P. The zero-order valence-corrected chi connectivity index (χ0v) is 12.2. The van der Waals surface area contributed by atoms with Crippen molar-refractivity contribution in [2.45, 2.75) is 39.5 Å². The topological polar surface area (TPSA) is 37.3 Å². The van der Waals surface area contributed by atoms with Crippen LogP contribution in [-0.2, 0) is 4.57 Å². The minimum Gasteiger partial charge on any atom is -0.344 e. The maximum atomic E-state index is 12.1. The summed E-state index contributed by atoms with van der Waals surface area (Å²) in [7, 11) is -2.95. The van der Waals surface area contributed by atoms with Crippen molar-refractivity contribution in [3.05, 3.63) is 25.3 Å². The largest absolute Gasteiger partial charge is 0.344 e. The summed E-state index contributed by atoms with van der Waals surface area (Å²) in [6, 6.07) is 0. The third kappa shape index (κ3) is 9.38. The fourth-order valence-corrected chi connectivity index (χ4v) is 4.50. The Morgan fingerprint density at radius 1 is 1.06 bits per heavy atom. The summed E-state index contributed by atoms with van der Waals surface area (Å²) < 4.78 is 12.1. The number of allylic oxidation sites excluding steroid dienone is 2. The van der Waals surface area contributed by atoms with Crippen molar-refractivity contribution in [2.24, 2.45) is 11.8 Å². The van der Waals surface area contributed by atoms with Crippen LogP contribution >= 0.6 is 7.37 Å². The first kappa shape index (κ1) is 16.7. The van der Waals surface area contributed by atoms with E-state index in [4.69, 9.17) is 0 Å². The quantitative estimate of drug-likeness (QED) is 0.464. The van der Waals surface area contributed by atoms with Gasteiger partial charge in [0.05, 0.1) is 0 Å². The van der Waals surface area contributed by atoms with Crippen molar-refractivity contribution in [3.8, 4) is 0 Å². The standard InChI is InChI=1S/C14H27O2P/c1-5-7-9-13(3)11-17(15,16)12-14(4)10-8-6-2/h5-6,13-14H,1-2,7-12H2,3-4H3,(H,15,16). The number of rotatable bonds is 10. The fraction of sp³-hybridized carbons (Fsp3) is 0.714. The molecule has 2 nitrogen and oxygen atoms in total. The molecule has 3 heteroatoms. The van der Waals surface area contributed by atoms with E-state index in [0.29, 0.717) is 24.2 Å². The first-order valence-corrected chi connectivity index (χ1v) is 8.47. The van der Waals surface area contributed by atoms with E-state index in [1.807, 2.05) is 26.0 Å². The van der Waals surface area contributed by atoms with E-state index < -0.39 is 7.37 Å². The maximum Gasteiger partial charge on any atom is 0.201 e. The van der Waals surface area contributed by atoms with Crippen LogP contribution in [0.3, 0.4) is 0 Å². The van der Waals surface area contributed by atoms with Crippen LogP contribution in [0.4, 0.5) is 0 Å². The predicted octanol–water partition coefficient (Wildman–Crippen LogP) is 4.46. The Kier molecular flexibility index (Phi) is 8.55. The normalized spacial score (nSPS) is 18.1. The molecule has 0 spiro atoms. The summed E-state index contributed by atoms with van der Waals surface area (Å²) in [5, 5.41) is 0. The second-order valence-electron chi connectivity index (χ2n) is 5.15. The van der Waals surface area contributed by atoms with Crippen LogP contribution in [0.1, 0.15) is 39.5 Å². The summed E-state index contributed by atoms with van der Waals surface area (Å²) in [5.41, 5.74) is 0. The zero-order valence-electron chi connectivity index (χ0n) is 11.3. The highest BCUT2D eigenvalue weighted by atomic mass is 31.2. The SMILES string of the molecule is C=CCCC(C)CP(=O)(O)CC(C)CCC=C. The lowest BCUT2D eigenvalue weighted by Gasteiger charge is -2.19. The van der Waals surface area contributed by atoms with E-state index in [0.717, 1.165) is 25.7 Å². The average Bonchev–Trinajstić information content (AvgIpc) is 2.22. The van der Waals surface area contributed by atoms with E-state index in [9.17, 15) is 9.46 Å². The molecule has 0 saturated heterocycles. The van der Waals surface area contributed by atoms with Gasteiger partial charge in [-0.1, -0.05) is 26.0 Å². The average molecular weight is 258 g/mol. The van der Waals surface area contributed by atoms with Crippen LogP contribution in [0.2, 0.25) is 0 Å². The molecule has 0 fully saturated rings. The van der Waals surface area contributed by atoms with Gasteiger partial charge in [0.2, 0.25) is 7.37 Å². The molecule has 0 heterocycles. The minimum atomic E-state index is -2.95. The van der Waals surface area contributed by atoms with Gasteiger partial charge in [-0.05, 0) is 37.5 Å². The van der Waals surface area contributed by atoms with Gasteiger partial charge in [0.25, 0.3) is 0 Å². The summed E-state index contributed by atoms with van der Waals surface area (Å²) >= 11 is 0. The van der Waals surface area contributed by atoms with E-state index in [-0.39, 0.29) is 0 Å². The van der Waals surface area contributed by atoms with Gasteiger partial charge >= 0.3 is 0 Å². The predicted molar refractivity (Wildman–Crippen MR) is 76.7 cm³/mol. The van der Waals surface area contributed by atoms with E-state index in [1.54, 1.807) is 0 Å². The van der Waals surface area contributed by atoms with Crippen LogP contribution < -0.4 is 0 Å². The van der Waals surface area contributed by atoms with Gasteiger partial charge in [-0.3, -0.25) is 4.57 Å². The molecular weight excluding hydrogens is 231 g/mol. The molecule has 0 aromatic rings. The van der Waals surface area contributed by atoms with Gasteiger partial charge in [0.1, 0.15) is 0 Å². The summed E-state index contributed by atoms with van der Waals surface area (Å²) in [4.78, 5) is 9.96. The number of hydrogen-bond donors (Lipinski definition) is 1. The Labute approximate surface area is 106 Å². The molecule has 0 aliphatic rings. The number of hydrogen-bond acceptors (Lipinski definition) is 1. The Hall–Kier alpha value is -0.330. The molecule has 1 N–H and O–H groups in total. The Morgan fingerprint density at radius 2 is 1.41 bits per heavy atom. The first-order chi connectivity index (χ1) is 7.91. The Balaban J connectivity index is 4.04. The molecule has 17 heavy (non-hydrogen) atoms. The summed E-state index contributed by atoms with van der Waals surface area (Å²) in [6.07, 6.45) is 8.38. The highest BCUT2D eigenvalue weighted by Gasteiger charge is 2.23. The molecule has 0 saturated carbocycles. The van der Waals surface area contributed by atoms with E-state index >= 15 is 0 Å². The van der Waals surface area contributed by atoms with Crippen LogP contribution in [0, 0.1) is 11.8 Å². The van der Waals surface area contributed by atoms with Gasteiger partial charge in [-0.2, -0.15) is 0 Å². The van der Waals surface area contributed by atoms with Crippen molar-refractivity contribution < 1.29 is 9.46 Å². The van der Waals surface area contributed by atoms with Gasteiger partial charge in [-0.15, -0.1) is 13.2 Å². The lowest BCUT2D eigenvalue weighted by Crippen LogP contribution is -2.09. The van der Waals surface area contributed by atoms with Crippen LogP contribution in [-0.4, -0.2) is 17.2 Å². The van der Waals surface area contributed by atoms with E-state index in [1.165, 1.54) is 0 Å². The molecule has 0 aromatic carbocycles. The van der Waals surface area contributed by atoms with Crippen molar-refractivity contribution in [2.75, 3.05) is 12.3 Å². The van der Waals surface area contributed by atoms with Gasteiger partial charge < -0.3 is 4.89 Å². The van der Waals surface area contributed by atoms with Crippen LogP contribution in [0.25, 0.3) is 0 Å². The van der Waals surface area contributed by atoms with Crippen LogP contribution in [0.15, 0.2) is 25.3 Å². The second kappa shape index (κ2) is 8.72. The molecule has 0 aromatic heterocycles. The molecule has 0 amide bonds. The van der Waals surface area contributed by atoms with Crippen molar-refractivity contribution >= 4 is 7.37 Å². The van der Waals surface area contributed by atoms with E-state index in [2.05, 4.69) is 13.2 Å². The summed E-state index contributed by atoms with van der Waals surface area (Å²) in [6.45, 7) is 11.4. The maximum absolute atomic E-state index is 12.1. The lowest BCUT2D eigenvalue weighted by atomic mass is 10.1.